The zero-order valence-corrected chi connectivity index (χ0v) is 18.3. The number of ether oxygens (including phenoxy) is 1. The van der Waals surface area contributed by atoms with E-state index in [0.29, 0.717) is 35.8 Å². The number of aromatic nitrogens is 4. The van der Waals surface area contributed by atoms with Crippen molar-refractivity contribution in [1.82, 2.24) is 19.8 Å². The highest BCUT2D eigenvalue weighted by atomic mass is 35.5. The van der Waals surface area contributed by atoms with Gasteiger partial charge in [0.15, 0.2) is 17.1 Å². The SMILES string of the molecule is COCc1nn2c3c(nnc2c1-c1ccc(Cl)cc1)C(=O)C[C@@H](/C=C/c1ccccc1)C3. The predicted octanol–water partition coefficient (Wildman–Crippen LogP) is 5.05. The highest BCUT2D eigenvalue weighted by Gasteiger charge is 2.30. The summed E-state index contributed by atoms with van der Waals surface area (Å²) < 4.78 is 7.15. The van der Waals surface area contributed by atoms with E-state index in [1.54, 1.807) is 11.6 Å². The molecular weight excluding hydrogens is 424 g/mol. The molecule has 2 heterocycles. The molecular formula is C25H21ClN4O2. The summed E-state index contributed by atoms with van der Waals surface area (Å²) in [5.41, 5.74) is 5.41. The second-order valence-corrected chi connectivity index (χ2v) is 8.29. The average molecular weight is 445 g/mol. The van der Waals surface area contributed by atoms with Crippen molar-refractivity contribution in [3.63, 3.8) is 0 Å². The lowest BCUT2D eigenvalue weighted by Crippen LogP contribution is -2.24. The lowest BCUT2D eigenvalue weighted by Gasteiger charge is -2.20. The Hall–Kier alpha value is -3.35. The van der Waals surface area contributed by atoms with Crippen LogP contribution in [0.25, 0.3) is 22.9 Å². The number of Topliss-reactive ketones (excluding diaryl/α,β-unsaturated/α-hetero) is 1. The topological polar surface area (TPSA) is 69.4 Å². The second-order valence-electron chi connectivity index (χ2n) is 7.85. The van der Waals surface area contributed by atoms with Crippen LogP contribution in [0.3, 0.4) is 0 Å². The Morgan fingerprint density at radius 1 is 1.09 bits per heavy atom. The third kappa shape index (κ3) is 3.83. The number of fused-ring (bicyclic) bond motifs is 3. The van der Waals surface area contributed by atoms with Crippen molar-refractivity contribution in [3.05, 3.63) is 88.3 Å². The van der Waals surface area contributed by atoms with E-state index in [-0.39, 0.29) is 11.7 Å². The standard InChI is InChI=1S/C25H21ClN4O2/c1-32-15-20-23(18-9-11-19(26)12-10-18)25-28-27-24-21(30(25)29-20)13-17(14-22(24)31)8-7-16-5-3-2-4-6-16/h2-12,17H,13-15H2,1H3/b8-7+/t17-/m0/s1. The normalized spacial score (nSPS) is 16.1. The number of benzene rings is 2. The van der Waals surface area contributed by atoms with E-state index in [4.69, 9.17) is 21.4 Å². The highest BCUT2D eigenvalue weighted by Crippen LogP contribution is 2.32. The van der Waals surface area contributed by atoms with Gasteiger partial charge in [0.2, 0.25) is 0 Å². The molecule has 1 aliphatic carbocycles. The Morgan fingerprint density at radius 3 is 2.62 bits per heavy atom. The molecule has 32 heavy (non-hydrogen) atoms. The van der Waals surface area contributed by atoms with Crippen LogP contribution < -0.4 is 0 Å². The number of hydrogen-bond acceptors (Lipinski definition) is 5. The molecule has 5 rings (SSSR count). The van der Waals surface area contributed by atoms with Crippen LogP contribution in [-0.2, 0) is 17.8 Å². The molecule has 2 aromatic carbocycles. The minimum atomic E-state index is -0.0137. The summed E-state index contributed by atoms with van der Waals surface area (Å²) in [4.78, 5) is 12.9. The summed E-state index contributed by atoms with van der Waals surface area (Å²) in [5.74, 6) is 0.0526. The van der Waals surface area contributed by atoms with Crippen molar-refractivity contribution in [2.24, 2.45) is 5.92 Å². The Balaban J connectivity index is 1.59. The van der Waals surface area contributed by atoms with Gasteiger partial charge in [-0.3, -0.25) is 4.79 Å². The van der Waals surface area contributed by atoms with Gasteiger partial charge in [-0.05, 0) is 35.6 Å². The smallest absolute Gasteiger partial charge is 0.185 e. The summed E-state index contributed by atoms with van der Waals surface area (Å²) in [7, 11) is 1.63. The van der Waals surface area contributed by atoms with E-state index in [1.165, 1.54) is 0 Å². The molecule has 0 fully saturated rings. The highest BCUT2D eigenvalue weighted by molar-refractivity contribution is 6.30. The number of halogens is 1. The quantitative estimate of drug-likeness (QED) is 0.431. The van der Waals surface area contributed by atoms with Gasteiger partial charge in [0.05, 0.1) is 23.6 Å². The Morgan fingerprint density at radius 2 is 1.88 bits per heavy atom. The van der Waals surface area contributed by atoms with Gasteiger partial charge in [-0.2, -0.15) is 5.10 Å². The average Bonchev–Trinajstić information content (AvgIpc) is 3.18. The molecule has 7 heteroatoms. The van der Waals surface area contributed by atoms with Crippen molar-refractivity contribution in [2.45, 2.75) is 19.4 Å². The van der Waals surface area contributed by atoms with Gasteiger partial charge in [-0.15, -0.1) is 10.2 Å². The largest absolute Gasteiger partial charge is 0.378 e. The summed E-state index contributed by atoms with van der Waals surface area (Å²) >= 11 is 6.08. The van der Waals surface area contributed by atoms with E-state index in [9.17, 15) is 4.79 Å². The van der Waals surface area contributed by atoms with Gasteiger partial charge < -0.3 is 4.74 Å². The van der Waals surface area contributed by atoms with Crippen LogP contribution in [0.1, 0.15) is 33.9 Å². The predicted molar refractivity (Wildman–Crippen MR) is 124 cm³/mol. The number of methoxy groups -OCH3 is 1. The van der Waals surface area contributed by atoms with E-state index < -0.39 is 0 Å². The first-order valence-corrected chi connectivity index (χ1v) is 10.8. The Kier molecular flexibility index (Phi) is 5.55. The number of hydrogen-bond donors (Lipinski definition) is 0. The molecule has 160 valence electrons. The third-order valence-corrected chi connectivity index (χ3v) is 5.90. The van der Waals surface area contributed by atoms with Crippen molar-refractivity contribution in [3.8, 4) is 11.1 Å². The molecule has 0 saturated heterocycles. The molecule has 0 radical (unpaired) electrons. The number of allylic oxidation sites excluding steroid dienone is 1. The van der Waals surface area contributed by atoms with Gasteiger partial charge in [0, 0.05) is 18.6 Å². The van der Waals surface area contributed by atoms with Crippen LogP contribution in [-0.4, -0.2) is 32.7 Å². The summed E-state index contributed by atoms with van der Waals surface area (Å²) in [6.45, 7) is 0.321. The lowest BCUT2D eigenvalue weighted by atomic mass is 9.88. The maximum absolute atomic E-state index is 12.9. The maximum atomic E-state index is 12.9. The maximum Gasteiger partial charge on any atom is 0.185 e. The van der Waals surface area contributed by atoms with Gasteiger partial charge in [-0.25, -0.2) is 4.52 Å². The zero-order chi connectivity index (χ0) is 22.1. The van der Waals surface area contributed by atoms with Crippen LogP contribution >= 0.6 is 11.6 Å². The summed E-state index contributed by atoms with van der Waals surface area (Å²) in [6.07, 6.45) is 5.23. The summed E-state index contributed by atoms with van der Waals surface area (Å²) in [5, 5.41) is 14.1. The fourth-order valence-electron chi connectivity index (χ4n) is 4.14. The minimum Gasteiger partial charge on any atom is -0.378 e. The molecule has 2 aromatic heterocycles. The molecule has 0 spiro atoms. The Labute approximate surface area is 190 Å². The number of carbonyl (C=O) groups excluding carboxylic acids is 1. The van der Waals surface area contributed by atoms with Crippen molar-refractivity contribution >= 4 is 29.1 Å². The van der Waals surface area contributed by atoms with Crippen LogP contribution in [0.5, 0.6) is 0 Å². The van der Waals surface area contributed by atoms with Crippen LogP contribution in [0, 0.1) is 5.92 Å². The third-order valence-electron chi connectivity index (χ3n) is 5.65. The van der Waals surface area contributed by atoms with Crippen LogP contribution in [0.15, 0.2) is 60.7 Å². The first-order valence-electron chi connectivity index (χ1n) is 10.4. The van der Waals surface area contributed by atoms with E-state index in [1.807, 2.05) is 54.6 Å². The fourth-order valence-corrected chi connectivity index (χ4v) is 4.27. The molecule has 1 atom stereocenters. The van der Waals surface area contributed by atoms with Crippen molar-refractivity contribution in [1.29, 1.82) is 0 Å². The molecule has 0 N–H and O–H groups in total. The van der Waals surface area contributed by atoms with Gasteiger partial charge in [0.1, 0.15) is 0 Å². The fraction of sp³-hybridized carbons (Fsp3) is 0.200. The molecule has 0 unspecified atom stereocenters. The van der Waals surface area contributed by atoms with Gasteiger partial charge >= 0.3 is 0 Å². The van der Waals surface area contributed by atoms with Crippen molar-refractivity contribution < 1.29 is 9.53 Å². The molecule has 0 saturated carbocycles. The van der Waals surface area contributed by atoms with E-state index in [0.717, 1.165) is 28.1 Å². The van der Waals surface area contributed by atoms with Crippen LogP contribution in [0.4, 0.5) is 0 Å². The number of rotatable bonds is 5. The Bertz CT molecular complexity index is 1310. The molecule has 0 amide bonds. The zero-order valence-electron chi connectivity index (χ0n) is 17.5. The van der Waals surface area contributed by atoms with Crippen LogP contribution in [0.2, 0.25) is 5.02 Å². The van der Waals surface area contributed by atoms with E-state index in [2.05, 4.69) is 22.3 Å². The molecule has 0 aliphatic heterocycles. The number of nitrogens with zero attached hydrogens (tertiary/aromatic N) is 4. The van der Waals surface area contributed by atoms with Gasteiger partial charge in [0.25, 0.3) is 0 Å². The van der Waals surface area contributed by atoms with Gasteiger partial charge in [-0.1, -0.05) is 66.2 Å². The van der Waals surface area contributed by atoms with Crippen molar-refractivity contribution in [2.75, 3.05) is 7.11 Å². The summed E-state index contributed by atoms with van der Waals surface area (Å²) in [6, 6.07) is 17.6. The first-order chi connectivity index (χ1) is 15.6. The molecule has 4 aromatic rings. The monoisotopic (exact) mass is 444 g/mol. The number of carbonyl (C=O) groups is 1. The second kappa shape index (κ2) is 8.65. The number of ketones is 1. The minimum absolute atomic E-state index is 0.0137. The lowest BCUT2D eigenvalue weighted by molar-refractivity contribution is 0.0950. The van der Waals surface area contributed by atoms with E-state index >= 15 is 0 Å². The molecule has 0 bridgehead atoms. The molecule has 1 aliphatic rings. The molecule has 6 nitrogen and oxygen atoms in total. The first kappa shape index (κ1) is 20.5.